The highest BCUT2D eigenvalue weighted by Gasteiger charge is 2.30. The molecule has 5 nitrogen and oxygen atoms in total. The van der Waals surface area contributed by atoms with Crippen LogP contribution in [0.2, 0.25) is 0 Å². The molecule has 0 radical (unpaired) electrons. The molecule has 0 spiro atoms. The van der Waals surface area contributed by atoms with Gasteiger partial charge in [-0.3, -0.25) is 9.59 Å². The minimum absolute atomic E-state index is 0. The number of nitrogens with one attached hydrogen (secondary N) is 2. The Hall–Kier alpha value is -0.810. The predicted octanol–water partition coefficient (Wildman–Crippen LogP) is -0.356. The van der Waals surface area contributed by atoms with E-state index in [-0.39, 0.29) is 30.3 Å². The number of hydrogen-bond donors (Lipinski definition) is 3. The van der Waals surface area contributed by atoms with Crippen LogP contribution in [-0.2, 0) is 9.59 Å². The maximum Gasteiger partial charge on any atom is 0.240 e. The van der Waals surface area contributed by atoms with Crippen LogP contribution in [0.25, 0.3) is 0 Å². The Bertz CT molecular complexity index is 226. The van der Waals surface area contributed by atoms with Crippen molar-refractivity contribution in [2.75, 3.05) is 13.6 Å². The largest absolute Gasteiger partial charge is 0.368 e. The molecule has 90 valence electrons. The van der Waals surface area contributed by atoms with Gasteiger partial charge in [0.25, 0.3) is 0 Å². The molecule has 1 atom stereocenters. The van der Waals surface area contributed by atoms with E-state index >= 15 is 0 Å². The lowest BCUT2D eigenvalue weighted by molar-refractivity contribution is -0.129. The smallest absolute Gasteiger partial charge is 0.240 e. The first-order valence-electron chi connectivity index (χ1n) is 4.52. The molecule has 0 bridgehead atoms. The molecule has 0 aliphatic rings. The molecule has 0 fully saturated rings. The zero-order chi connectivity index (χ0) is 11.4. The quantitative estimate of drug-likeness (QED) is 0.625. The topological polar surface area (TPSA) is 84.2 Å². The van der Waals surface area contributed by atoms with Crippen LogP contribution in [0, 0.1) is 5.41 Å². The second-order valence-electron chi connectivity index (χ2n) is 4.30. The van der Waals surface area contributed by atoms with Crippen LogP contribution < -0.4 is 16.4 Å². The molecule has 0 rings (SSSR count). The van der Waals surface area contributed by atoms with Gasteiger partial charge in [-0.15, -0.1) is 12.4 Å². The number of hydrogen-bond acceptors (Lipinski definition) is 3. The van der Waals surface area contributed by atoms with Crippen molar-refractivity contribution in [3.63, 3.8) is 0 Å². The Kier molecular flexibility index (Phi) is 7.35. The summed E-state index contributed by atoms with van der Waals surface area (Å²) in [6, 6.07) is -0.636. The van der Waals surface area contributed by atoms with Gasteiger partial charge in [0.15, 0.2) is 0 Å². The fourth-order valence-electron chi connectivity index (χ4n) is 1.09. The van der Waals surface area contributed by atoms with E-state index in [1.54, 1.807) is 7.05 Å². The minimum atomic E-state index is -0.636. The van der Waals surface area contributed by atoms with E-state index in [4.69, 9.17) is 5.73 Å². The monoisotopic (exact) mass is 237 g/mol. The molecule has 0 saturated heterocycles. The van der Waals surface area contributed by atoms with Crippen molar-refractivity contribution in [3.8, 4) is 0 Å². The van der Waals surface area contributed by atoms with Gasteiger partial charge in [0, 0.05) is 0 Å². The van der Waals surface area contributed by atoms with E-state index in [0.29, 0.717) is 0 Å². The van der Waals surface area contributed by atoms with Gasteiger partial charge in [-0.1, -0.05) is 20.8 Å². The second-order valence-corrected chi connectivity index (χ2v) is 4.30. The first kappa shape index (κ1) is 16.6. The standard InChI is InChI=1S/C9H19N3O2.ClH/c1-9(2,3)7(8(10)14)12-6(13)5-11-4;/h7,11H,5H2,1-4H3,(H2,10,14)(H,12,13);1H. The van der Waals surface area contributed by atoms with Crippen LogP contribution in [0.5, 0.6) is 0 Å². The van der Waals surface area contributed by atoms with Gasteiger partial charge in [0.05, 0.1) is 6.54 Å². The molecule has 0 aromatic carbocycles. The summed E-state index contributed by atoms with van der Waals surface area (Å²) in [6.07, 6.45) is 0. The zero-order valence-corrected chi connectivity index (χ0v) is 10.4. The number of amides is 2. The molecular weight excluding hydrogens is 218 g/mol. The van der Waals surface area contributed by atoms with E-state index in [9.17, 15) is 9.59 Å². The van der Waals surface area contributed by atoms with Gasteiger partial charge in [-0.25, -0.2) is 0 Å². The lowest BCUT2D eigenvalue weighted by atomic mass is 9.86. The van der Waals surface area contributed by atoms with Crippen LogP contribution in [0.15, 0.2) is 0 Å². The summed E-state index contributed by atoms with van der Waals surface area (Å²) in [7, 11) is 1.66. The Morgan fingerprint density at radius 1 is 1.33 bits per heavy atom. The minimum Gasteiger partial charge on any atom is -0.368 e. The third kappa shape index (κ3) is 6.30. The average molecular weight is 238 g/mol. The van der Waals surface area contributed by atoms with Crippen molar-refractivity contribution in [3.05, 3.63) is 0 Å². The normalized spacial score (nSPS) is 12.5. The van der Waals surface area contributed by atoms with E-state index < -0.39 is 11.9 Å². The summed E-state index contributed by atoms with van der Waals surface area (Å²) in [4.78, 5) is 22.3. The SMILES string of the molecule is CNCC(=O)NC(C(N)=O)C(C)(C)C.Cl. The third-order valence-corrected chi connectivity index (χ3v) is 1.79. The van der Waals surface area contributed by atoms with Crippen molar-refractivity contribution >= 4 is 24.2 Å². The van der Waals surface area contributed by atoms with Crippen LogP contribution in [-0.4, -0.2) is 31.4 Å². The fraction of sp³-hybridized carbons (Fsp3) is 0.778. The number of nitrogens with two attached hydrogens (primary N) is 1. The lowest BCUT2D eigenvalue weighted by Crippen LogP contribution is -2.53. The molecular formula is C9H20ClN3O2. The van der Waals surface area contributed by atoms with Gasteiger partial charge in [-0.05, 0) is 12.5 Å². The Labute approximate surface area is 96.6 Å². The number of likely N-dealkylation sites (N-methyl/N-ethyl adjacent to an activating group) is 1. The highest BCUT2D eigenvalue weighted by molar-refractivity contribution is 5.87. The first-order chi connectivity index (χ1) is 6.29. The number of rotatable bonds is 4. The molecule has 4 N–H and O–H groups in total. The van der Waals surface area contributed by atoms with Crippen molar-refractivity contribution in [1.82, 2.24) is 10.6 Å². The zero-order valence-electron chi connectivity index (χ0n) is 9.59. The number of carbonyl (C=O) groups is 2. The number of halogens is 1. The summed E-state index contributed by atoms with van der Waals surface area (Å²) in [5, 5.41) is 5.28. The molecule has 15 heavy (non-hydrogen) atoms. The molecule has 0 aromatic heterocycles. The highest BCUT2D eigenvalue weighted by Crippen LogP contribution is 2.18. The first-order valence-corrected chi connectivity index (χ1v) is 4.52. The Morgan fingerprint density at radius 3 is 2.07 bits per heavy atom. The molecule has 0 heterocycles. The van der Waals surface area contributed by atoms with Crippen LogP contribution in [0.1, 0.15) is 20.8 Å². The van der Waals surface area contributed by atoms with Gasteiger partial charge in [-0.2, -0.15) is 0 Å². The maximum absolute atomic E-state index is 11.2. The number of carbonyl (C=O) groups excluding carboxylic acids is 2. The molecule has 0 saturated carbocycles. The Morgan fingerprint density at radius 2 is 1.80 bits per heavy atom. The van der Waals surface area contributed by atoms with Crippen molar-refractivity contribution in [1.29, 1.82) is 0 Å². The van der Waals surface area contributed by atoms with Crippen molar-refractivity contribution in [2.45, 2.75) is 26.8 Å². The van der Waals surface area contributed by atoms with Crippen LogP contribution >= 0.6 is 12.4 Å². The van der Waals surface area contributed by atoms with Crippen molar-refractivity contribution < 1.29 is 9.59 Å². The summed E-state index contributed by atoms with van der Waals surface area (Å²) < 4.78 is 0. The second kappa shape index (κ2) is 6.63. The van der Waals surface area contributed by atoms with Crippen LogP contribution in [0.4, 0.5) is 0 Å². The van der Waals surface area contributed by atoms with Crippen molar-refractivity contribution in [2.24, 2.45) is 11.1 Å². The lowest BCUT2D eigenvalue weighted by Gasteiger charge is -2.28. The molecule has 0 aliphatic heterocycles. The summed E-state index contributed by atoms with van der Waals surface area (Å²) in [5.74, 6) is -0.742. The molecule has 6 heteroatoms. The summed E-state index contributed by atoms with van der Waals surface area (Å²) >= 11 is 0. The molecule has 0 aliphatic carbocycles. The van der Waals surface area contributed by atoms with Gasteiger partial charge >= 0.3 is 0 Å². The number of primary amides is 1. The Balaban J connectivity index is 0. The van der Waals surface area contributed by atoms with E-state index in [1.807, 2.05) is 20.8 Å². The van der Waals surface area contributed by atoms with E-state index in [2.05, 4.69) is 10.6 Å². The highest BCUT2D eigenvalue weighted by atomic mass is 35.5. The molecule has 0 aromatic rings. The average Bonchev–Trinajstić information content (AvgIpc) is 1.98. The summed E-state index contributed by atoms with van der Waals surface area (Å²) in [5.41, 5.74) is 4.83. The summed E-state index contributed by atoms with van der Waals surface area (Å²) in [6.45, 7) is 5.73. The van der Waals surface area contributed by atoms with Gasteiger partial charge in [0.2, 0.25) is 11.8 Å². The maximum atomic E-state index is 11.2. The molecule has 2 amide bonds. The van der Waals surface area contributed by atoms with Gasteiger partial charge in [0.1, 0.15) is 6.04 Å². The van der Waals surface area contributed by atoms with E-state index in [1.165, 1.54) is 0 Å². The third-order valence-electron chi connectivity index (χ3n) is 1.79. The van der Waals surface area contributed by atoms with Crippen LogP contribution in [0.3, 0.4) is 0 Å². The van der Waals surface area contributed by atoms with E-state index in [0.717, 1.165) is 0 Å². The fourth-order valence-corrected chi connectivity index (χ4v) is 1.09. The predicted molar refractivity (Wildman–Crippen MR) is 61.8 cm³/mol. The molecule has 1 unspecified atom stereocenters. The van der Waals surface area contributed by atoms with Gasteiger partial charge < -0.3 is 16.4 Å².